The maximum Gasteiger partial charge on any atom is 0.242 e. The molecule has 1 aliphatic heterocycles. The van der Waals surface area contributed by atoms with Crippen molar-refractivity contribution in [3.8, 4) is 11.3 Å². The zero-order valence-electron chi connectivity index (χ0n) is 21.9. The topological polar surface area (TPSA) is 97.4 Å². The van der Waals surface area contributed by atoms with Crippen LogP contribution in [0.25, 0.3) is 11.3 Å². The van der Waals surface area contributed by atoms with Gasteiger partial charge in [0.15, 0.2) is 5.76 Å². The van der Waals surface area contributed by atoms with Crippen LogP contribution >= 0.6 is 31.9 Å². The molecular formula is C28H28Br2N6O3. The van der Waals surface area contributed by atoms with E-state index in [1.54, 1.807) is 26.9 Å². The van der Waals surface area contributed by atoms with Crippen molar-refractivity contribution < 1.29 is 14.0 Å². The quantitative estimate of drug-likeness (QED) is 0.283. The van der Waals surface area contributed by atoms with Crippen LogP contribution in [0.2, 0.25) is 0 Å². The third-order valence-corrected chi connectivity index (χ3v) is 8.65. The van der Waals surface area contributed by atoms with Gasteiger partial charge in [-0.2, -0.15) is 0 Å². The molecule has 0 aliphatic carbocycles. The zero-order chi connectivity index (χ0) is 27.7. The van der Waals surface area contributed by atoms with E-state index in [1.165, 1.54) is 0 Å². The Morgan fingerprint density at radius 1 is 1.08 bits per heavy atom. The van der Waals surface area contributed by atoms with Gasteiger partial charge in [-0.05, 0) is 55.2 Å². The zero-order valence-corrected chi connectivity index (χ0v) is 25.1. The predicted molar refractivity (Wildman–Crippen MR) is 153 cm³/mol. The van der Waals surface area contributed by atoms with Crippen LogP contribution in [-0.2, 0) is 29.1 Å². The van der Waals surface area contributed by atoms with Crippen molar-refractivity contribution in [3.63, 3.8) is 0 Å². The molecular weight excluding hydrogens is 628 g/mol. The number of rotatable bonds is 7. The average Bonchev–Trinajstić information content (AvgIpc) is 3.56. The fourth-order valence-electron chi connectivity index (χ4n) is 4.80. The Labute approximate surface area is 243 Å². The van der Waals surface area contributed by atoms with Gasteiger partial charge in [-0.3, -0.25) is 9.59 Å². The van der Waals surface area contributed by atoms with Crippen molar-refractivity contribution in [1.82, 2.24) is 29.8 Å². The molecule has 0 N–H and O–H groups in total. The number of halogens is 2. The van der Waals surface area contributed by atoms with Gasteiger partial charge in [0.1, 0.15) is 12.2 Å². The Morgan fingerprint density at radius 2 is 1.90 bits per heavy atom. The number of hydrogen-bond donors (Lipinski definition) is 0. The van der Waals surface area contributed by atoms with Crippen LogP contribution in [0.5, 0.6) is 0 Å². The molecule has 202 valence electrons. The van der Waals surface area contributed by atoms with Crippen LogP contribution in [-0.4, -0.2) is 61.2 Å². The molecule has 0 unspecified atom stereocenters. The SMILES string of the molecule is Cc1cc(C)c(CC(=O)N2CCN(Cc3cn(Cc4ncc(-c5cccc(Br)c5)o4)nn3)C(=O)C2)c(C)c1Br. The van der Waals surface area contributed by atoms with E-state index in [4.69, 9.17) is 4.42 Å². The van der Waals surface area contributed by atoms with E-state index >= 15 is 0 Å². The number of oxazole rings is 1. The fourth-order valence-corrected chi connectivity index (χ4v) is 5.56. The van der Waals surface area contributed by atoms with Crippen molar-refractivity contribution >= 4 is 43.7 Å². The normalized spacial score (nSPS) is 13.8. The number of carbonyl (C=O) groups is 2. The second-order valence-electron chi connectivity index (χ2n) is 9.77. The van der Waals surface area contributed by atoms with Gasteiger partial charge in [-0.25, -0.2) is 9.67 Å². The Kier molecular flexibility index (Phi) is 7.99. The molecule has 0 saturated carbocycles. The number of piperazine rings is 1. The molecule has 0 bridgehead atoms. The summed E-state index contributed by atoms with van der Waals surface area (Å²) in [5, 5.41) is 8.39. The van der Waals surface area contributed by atoms with Gasteiger partial charge in [0.25, 0.3) is 0 Å². The molecule has 0 spiro atoms. The molecule has 5 rings (SSSR count). The summed E-state index contributed by atoms with van der Waals surface area (Å²) >= 11 is 7.09. The number of aromatic nitrogens is 4. The van der Waals surface area contributed by atoms with Crippen LogP contribution in [0.15, 0.2) is 56.1 Å². The summed E-state index contributed by atoms with van der Waals surface area (Å²) < 4.78 is 9.51. The Bertz CT molecular complexity index is 1550. The van der Waals surface area contributed by atoms with E-state index in [1.807, 2.05) is 45.0 Å². The monoisotopic (exact) mass is 654 g/mol. The molecule has 11 heteroatoms. The lowest BCUT2D eigenvalue weighted by atomic mass is 9.97. The maximum absolute atomic E-state index is 13.1. The van der Waals surface area contributed by atoms with Crippen molar-refractivity contribution in [2.75, 3.05) is 19.6 Å². The summed E-state index contributed by atoms with van der Waals surface area (Å²) in [5.74, 6) is 1.04. The summed E-state index contributed by atoms with van der Waals surface area (Å²) in [6, 6.07) is 9.89. The first-order valence-corrected chi connectivity index (χ1v) is 14.2. The highest BCUT2D eigenvalue weighted by atomic mass is 79.9. The number of hydrogen-bond acceptors (Lipinski definition) is 6. The number of aryl methyl sites for hydroxylation is 2. The van der Waals surface area contributed by atoms with Gasteiger partial charge in [0, 0.05) is 27.6 Å². The molecule has 4 aromatic rings. The van der Waals surface area contributed by atoms with Gasteiger partial charge in [0.2, 0.25) is 17.7 Å². The van der Waals surface area contributed by atoms with Gasteiger partial charge in [0.05, 0.1) is 31.9 Å². The minimum absolute atomic E-state index is 0.0379. The van der Waals surface area contributed by atoms with Crippen molar-refractivity contribution in [2.45, 2.75) is 40.3 Å². The smallest absolute Gasteiger partial charge is 0.242 e. The average molecular weight is 656 g/mol. The van der Waals surface area contributed by atoms with Crippen LogP contribution < -0.4 is 0 Å². The van der Waals surface area contributed by atoms with Gasteiger partial charge in [-0.1, -0.05) is 55.3 Å². The molecule has 2 amide bonds. The minimum atomic E-state index is -0.103. The second-order valence-corrected chi connectivity index (χ2v) is 11.5. The van der Waals surface area contributed by atoms with Crippen LogP contribution in [0.4, 0.5) is 0 Å². The number of nitrogens with zero attached hydrogens (tertiary/aromatic N) is 6. The Hall–Kier alpha value is -3.31. The molecule has 0 atom stereocenters. The third-order valence-electron chi connectivity index (χ3n) is 6.94. The summed E-state index contributed by atoms with van der Waals surface area (Å²) in [4.78, 5) is 33.7. The number of amides is 2. The standard InChI is InChI=1S/C28H28Br2N6O3/c1-17-9-18(2)28(30)19(3)23(17)11-26(37)35-8-7-34(27(38)16-35)13-22-14-36(33-32-22)15-25-31-12-24(39-25)20-5-4-6-21(29)10-20/h4-6,9-10,12,14H,7-8,11,13,15-16H2,1-3H3. The van der Waals surface area contributed by atoms with E-state index < -0.39 is 0 Å². The van der Waals surface area contributed by atoms with Crippen molar-refractivity contribution in [2.24, 2.45) is 0 Å². The Balaban J connectivity index is 1.16. The molecule has 9 nitrogen and oxygen atoms in total. The molecule has 3 heterocycles. The van der Waals surface area contributed by atoms with Crippen molar-refractivity contribution in [1.29, 1.82) is 0 Å². The van der Waals surface area contributed by atoms with Gasteiger partial charge < -0.3 is 14.2 Å². The molecule has 39 heavy (non-hydrogen) atoms. The molecule has 0 radical (unpaired) electrons. The van der Waals surface area contributed by atoms with Crippen LogP contribution in [0, 0.1) is 20.8 Å². The second kappa shape index (κ2) is 11.4. The first-order valence-electron chi connectivity index (χ1n) is 12.6. The lowest BCUT2D eigenvalue weighted by Crippen LogP contribution is -2.52. The van der Waals surface area contributed by atoms with Crippen molar-refractivity contribution in [3.05, 3.63) is 85.5 Å². The van der Waals surface area contributed by atoms with E-state index in [9.17, 15) is 9.59 Å². The summed E-state index contributed by atoms with van der Waals surface area (Å²) in [5.41, 5.74) is 5.91. The predicted octanol–water partition coefficient (Wildman–Crippen LogP) is 4.85. The van der Waals surface area contributed by atoms with E-state index in [0.717, 1.165) is 36.8 Å². The van der Waals surface area contributed by atoms with Crippen LogP contribution in [0.1, 0.15) is 33.8 Å². The molecule has 2 aromatic heterocycles. The lowest BCUT2D eigenvalue weighted by molar-refractivity contribution is -0.145. The Morgan fingerprint density at radius 3 is 2.67 bits per heavy atom. The highest BCUT2D eigenvalue weighted by Crippen LogP contribution is 2.28. The molecule has 2 aromatic carbocycles. The first kappa shape index (κ1) is 27.3. The largest absolute Gasteiger partial charge is 0.439 e. The summed E-state index contributed by atoms with van der Waals surface area (Å²) in [6.07, 6.45) is 3.76. The highest BCUT2D eigenvalue weighted by Gasteiger charge is 2.28. The highest BCUT2D eigenvalue weighted by molar-refractivity contribution is 9.10. The number of benzene rings is 2. The van der Waals surface area contributed by atoms with E-state index in [-0.39, 0.29) is 24.8 Å². The van der Waals surface area contributed by atoms with E-state index in [2.05, 4.69) is 53.2 Å². The van der Waals surface area contributed by atoms with E-state index in [0.29, 0.717) is 43.5 Å². The number of carbonyl (C=O) groups excluding carboxylic acids is 2. The van der Waals surface area contributed by atoms with Gasteiger partial charge in [-0.15, -0.1) is 5.10 Å². The molecule has 1 fully saturated rings. The first-order chi connectivity index (χ1) is 18.7. The molecule has 1 aliphatic rings. The maximum atomic E-state index is 13.1. The minimum Gasteiger partial charge on any atom is -0.439 e. The third kappa shape index (κ3) is 6.14. The lowest BCUT2D eigenvalue weighted by Gasteiger charge is -2.34. The van der Waals surface area contributed by atoms with Gasteiger partial charge >= 0.3 is 0 Å². The molecule has 1 saturated heterocycles. The summed E-state index contributed by atoms with van der Waals surface area (Å²) in [6.45, 7) is 7.74. The summed E-state index contributed by atoms with van der Waals surface area (Å²) in [7, 11) is 0. The van der Waals surface area contributed by atoms with Crippen LogP contribution in [0.3, 0.4) is 0 Å². The fraction of sp³-hybridized carbons (Fsp3) is 0.321.